The van der Waals surface area contributed by atoms with Crippen LogP contribution in [0.4, 0.5) is 0 Å². The van der Waals surface area contributed by atoms with Crippen molar-refractivity contribution in [2.24, 2.45) is 23.7 Å². The lowest BCUT2D eigenvalue weighted by atomic mass is 9.85. The summed E-state index contributed by atoms with van der Waals surface area (Å²) in [6.45, 7) is 16.3. The van der Waals surface area contributed by atoms with Crippen LogP contribution in [0.5, 0.6) is 0 Å². The molecule has 0 radical (unpaired) electrons. The fraction of sp³-hybridized carbons (Fsp3) is 1.00. The molecule has 3 aliphatic rings. The van der Waals surface area contributed by atoms with Crippen LogP contribution in [0.1, 0.15) is 55.4 Å². The Morgan fingerprint density at radius 2 is 0.692 bits per heavy atom. The van der Waals surface area contributed by atoms with Crippen molar-refractivity contribution in [2.75, 3.05) is 0 Å². The molecule has 2 heterocycles. The van der Waals surface area contributed by atoms with Gasteiger partial charge in [0, 0.05) is 23.7 Å². The summed E-state index contributed by atoms with van der Waals surface area (Å²) in [5, 5.41) is 22.1. The molecule has 3 fully saturated rings. The lowest BCUT2D eigenvalue weighted by molar-refractivity contribution is -0.258. The summed E-state index contributed by atoms with van der Waals surface area (Å²) in [7, 11) is 0. The Morgan fingerprint density at radius 1 is 0.500 bits per heavy atom. The molecule has 3 rings (SSSR count). The van der Waals surface area contributed by atoms with Gasteiger partial charge in [0.25, 0.3) is 0 Å². The van der Waals surface area contributed by atoms with E-state index in [2.05, 4.69) is 0 Å². The molecule has 1 saturated carbocycles. The third-order valence-electron chi connectivity index (χ3n) is 6.49. The molecule has 6 atom stereocenters. The van der Waals surface area contributed by atoms with Gasteiger partial charge in [0.1, 0.15) is 36.6 Å². The molecule has 0 bridgehead atoms. The fourth-order valence-electron chi connectivity index (χ4n) is 5.03. The molecule has 0 spiro atoms. The van der Waals surface area contributed by atoms with Crippen LogP contribution in [-0.4, -0.2) is 58.4 Å². The minimum absolute atomic E-state index is 0.0830. The minimum atomic E-state index is -0.910. The Balaban J connectivity index is 1.91. The highest BCUT2D eigenvalue weighted by Crippen LogP contribution is 2.51. The van der Waals surface area contributed by atoms with Crippen molar-refractivity contribution < 1.29 is 29.2 Å². The van der Waals surface area contributed by atoms with E-state index in [1.165, 1.54) is 0 Å². The van der Waals surface area contributed by atoms with E-state index in [4.69, 9.17) is 18.9 Å². The minimum Gasteiger partial charge on any atom is -0.387 e. The summed E-state index contributed by atoms with van der Waals surface area (Å²) in [5.41, 5.74) is 0. The molecular formula is C20H36O6. The zero-order valence-corrected chi connectivity index (χ0v) is 17.3. The maximum absolute atomic E-state index is 11.0. The standard InChI is InChI=1S/C20H36O6/c1-9(2)19(10(3)4)23-15-13(21)17-18(14(22)16(15)24-19)26-20(25-17,11(5)6)12(7)8/h9-18,21-22H,1-8H3/t13?,14?,15-,16-,17-,18+/m0/s1. The van der Waals surface area contributed by atoms with Crippen LogP contribution in [0.2, 0.25) is 0 Å². The van der Waals surface area contributed by atoms with E-state index in [0.29, 0.717) is 0 Å². The Hall–Kier alpha value is -0.240. The second-order valence-corrected chi connectivity index (χ2v) is 9.37. The molecule has 6 nitrogen and oxygen atoms in total. The molecule has 0 amide bonds. The first-order chi connectivity index (χ1) is 12.0. The highest BCUT2D eigenvalue weighted by molar-refractivity contribution is 5.10. The Bertz CT molecular complexity index is 426. The Labute approximate surface area is 157 Å². The normalized spacial score (nSPS) is 41.3. The van der Waals surface area contributed by atoms with Gasteiger partial charge in [-0.25, -0.2) is 0 Å². The van der Waals surface area contributed by atoms with Crippen LogP contribution < -0.4 is 0 Å². The number of aliphatic hydroxyl groups excluding tert-OH is 2. The maximum Gasteiger partial charge on any atom is 0.174 e. The predicted octanol–water partition coefficient (Wildman–Crippen LogP) is 2.31. The van der Waals surface area contributed by atoms with Crippen LogP contribution in [-0.2, 0) is 18.9 Å². The van der Waals surface area contributed by atoms with Crippen molar-refractivity contribution in [1.29, 1.82) is 0 Å². The number of hydrogen-bond acceptors (Lipinski definition) is 6. The number of aliphatic hydroxyl groups is 2. The molecule has 2 saturated heterocycles. The van der Waals surface area contributed by atoms with Gasteiger partial charge >= 0.3 is 0 Å². The lowest BCUT2D eigenvalue weighted by Gasteiger charge is -2.38. The molecule has 0 aromatic heterocycles. The molecule has 0 aromatic carbocycles. The van der Waals surface area contributed by atoms with Gasteiger partial charge in [0.05, 0.1) is 0 Å². The zero-order chi connectivity index (χ0) is 19.6. The second kappa shape index (κ2) is 6.68. The summed E-state index contributed by atoms with van der Waals surface area (Å²) in [6, 6.07) is 0. The third-order valence-corrected chi connectivity index (χ3v) is 6.49. The van der Waals surface area contributed by atoms with Crippen molar-refractivity contribution in [2.45, 2.75) is 104 Å². The number of fused-ring (bicyclic) bond motifs is 2. The van der Waals surface area contributed by atoms with E-state index in [1.54, 1.807) is 0 Å². The second-order valence-electron chi connectivity index (χ2n) is 9.37. The van der Waals surface area contributed by atoms with Gasteiger partial charge in [-0.2, -0.15) is 0 Å². The first kappa shape index (κ1) is 20.5. The molecule has 2 unspecified atom stereocenters. The number of rotatable bonds is 4. The zero-order valence-electron chi connectivity index (χ0n) is 17.3. The van der Waals surface area contributed by atoms with E-state index in [0.717, 1.165) is 0 Å². The van der Waals surface area contributed by atoms with Crippen molar-refractivity contribution in [1.82, 2.24) is 0 Å². The molecule has 6 heteroatoms. The van der Waals surface area contributed by atoms with Gasteiger partial charge in [-0.3, -0.25) is 0 Å². The average Bonchev–Trinajstić information content (AvgIpc) is 3.14. The fourth-order valence-corrected chi connectivity index (χ4v) is 5.03. The summed E-state index contributed by atoms with van der Waals surface area (Å²) in [5.74, 6) is -1.33. The smallest absolute Gasteiger partial charge is 0.174 e. The van der Waals surface area contributed by atoms with Crippen LogP contribution in [0, 0.1) is 23.7 Å². The van der Waals surface area contributed by atoms with Crippen LogP contribution in [0.3, 0.4) is 0 Å². The summed E-state index contributed by atoms with van der Waals surface area (Å²) in [4.78, 5) is 0. The molecule has 2 aliphatic heterocycles. The van der Waals surface area contributed by atoms with Gasteiger partial charge in [0.15, 0.2) is 11.6 Å². The number of ether oxygens (including phenoxy) is 4. The summed E-state index contributed by atoms with van der Waals surface area (Å²) >= 11 is 0. The van der Waals surface area contributed by atoms with Gasteiger partial charge < -0.3 is 29.2 Å². The van der Waals surface area contributed by atoms with Crippen molar-refractivity contribution in [3.05, 3.63) is 0 Å². The van der Waals surface area contributed by atoms with Crippen LogP contribution >= 0.6 is 0 Å². The van der Waals surface area contributed by atoms with Gasteiger partial charge in [-0.15, -0.1) is 0 Å². The Kier molecular flexibility index (Phi) is 5.26. The van der Waals surface area contributed by atoms with E-state index < -0.39 is 48.2 Å². The Morgan fingerprint density at radius 3 is 0.846 bits per heavy atom. The molecule has 1 aliphatic carbocycles. The van der Waals surface area contributed by atoms with E-state index >= 15 is 0 Å². The van der Waals surface area contributed by atoms with Gasteiger partial charge in [-0.05, 0) is 0 Å². The first-order valence-corrected chi connectivity index (χ1v) is 10.0. The molecule has 0 aromatic rings. The van der Waals surface area contributed by atoms with E-state index in [1.807, 2.05) is 55.4 Å². The van der Waals surface area contributed by atoms with Gasteiger partial charge in [0.2, 0.25) is 0 Å². The van der Waals surface area contributed by atoms with Crippen molar-refractivity contribution >= 4 is 0 Å². The lowest BCUT2D eigenvalue weighted by Crippen LogP contribution is -2.61. The van der Waals surface area contributed by atoms with Crippen LogP contribution in [0.15, 0.2) is 0 Å². The largest absolute Gasteiger partial charge is 0.387 e. The molecular weight excluding hydrogens is 336 g/mol. The maximum atomic E-state index is 11.0. The quantitative estimate of drug-likeness (QED) is 0.789. The van der Waals surface area contributed by atoms with Crippen LogP contribution in [0.25, 0.3) is 0 Å². The highest BCUT2D eigenvalue weighted by atomic mass is 16.8. The van der Waals surface area contributed by atoms with Gasteiger partial charge in [-0.1, -0.05) is 55.4 Å². The monoisotopic (exact) mass is 372 g/mol. The summed E-state index contributed by atoms with van der Waals surface area (Å²) < 4.78 is 25.2. The summed E-state index contributed by atoms with van der Waals surface area (Å²) in [6.07, 6.45) is -4.34. The molecule has 2 N–H and O–H groups in total. The van der Waals surface area contributed by atoms with E-state index in [-0.39, 0.29) is 23.7 Å². The van der Waals surface area contributed by atoms with E-state index in [9.17, 15) is 10.2 Å². The third kappa shape index (κ3) is 2.68. The predicted molar refractivity (Wildman–Crippen MR) is 96.3 cm³/mol. The molecule has 152 valence electrons. The SMILES string of the molecule is CC(C)C1(C(C)C)O[C@@H]2C(O)[C@@H]3OC(C(C)C)(C(C)C)O[C@H]3C(O)[C@@H]2O1. The number of hydrogen-bond donors (Lipinski definition) is 2. The topological polar surface area (TPSA) is 77.4 Å². The first-order valence-electron chi connectivity index (χ1n) is 10.0. The van der Waals surface area contributed by atoms with Crippen molar-refractivity contribution in [3.63, 3.8) is 0 Å². The van der Waals surface area contributed by atoms with Crippen molar-refractivity contribution in [3.8, 4) is 0 Å². The average molecular weight is 373 g/mol. The molecule has 26 heavy (non-hydrogen) atoms. The highest BCUT2D eigenvalue weighted by Gasteiger charge is 2.67.